The zero-order valence-electron chi connectivity index (χ0n) is 9.36. The van der Waals surface area contributed by atoms with Gasteiger partial charge >= 0.3 is 11.9 Å². The monoisotopic (exact) mass is 216 g/mol. The van der Waals surface area contributed by atoms with Gasteiger partial charge in [-0.15, -0.1) is 0 Å². The van der Waals surface area contributed by atoms with E-state index < -0.39 is 23.2 Å². The third kappa shape index (κ3) is 4.99. The largest absolute Gasteiger partial charge is 0.460 e. The van der Waals surface area contributed by atoms with Crippen LogP contribution in [0.25, 0.3) is 0 Å². The zero-order valence-corrected chi connectivity index (χ0v) is 9.36. The molecular weight excluding hydrogens is 200 g/mol. The Kier molecular flexibility index (Phi) is 4.77. The lowest BCUT2D eigenvalue weighted by atomic mass is 9.98. The second-order valence-corrected chi connectivity index (χ2v) is 3.83. The number of carbonyl (C=O) groups excluding carboxylic acids is 2. The lowest BCUT2D eigenvalue weighted by molar-refractivity contribution is -0.153. The first-order valence-electron chi connectivity index (χ1n) is 4.51. The fourth-order valence-electron chi connectivity index (χ4n) is 0.470. The van der Waals surface area contributed by atoms with Crippen LogP contribution >= 0.6 is 0 Å². The maximum atomic E-state index is 11.2. The number of nitrogens with two attached hydrogens (primary N) is 1. The Balaban J connectivity index is 4.29. The van der Waals surface area contributed by atoms with Gasteiger partial charge in [0.05, 0.1) is 12.0 Å². The molecule has 0 saturated carbocycles. The van der Waals surface area contributed by atoms with Crippen LogP contribution in [-0.2, 0) is 19.2 Å². The Hall–Kier alpha value is -1.59. The van der Waals surface area contributed by atoms with Crippen molar-refractivity contribution in [2.75, 3.05) is 6.61 Å². The van der Waals surface area contributed by atoms with Gasteiger partial charge in [-0.3, -0.25) is 0 Å². The average molecular weight is 216 g/mol. The average Bonchev–Trinajstić information content (AvgIpc) is 2.12. The summed E-state index contributed by atoms with van der Waals surface area (Å²) >= 11 is 0. The Morgan fingerprint density at radius 3 is 2.27 bits per heavy atom. The van der Waals surface area contributed by atoms with Crippen LogP contribution in [0.15, 0.2) is 5.16 Å². The van der Waals surface area contributed by atoms with Crippen LogP contribution < -0.4 is 5.73 Å². The van der Waals surface area contributed by atoms with Gasteiger partial charge in [-0.2, -0.15) is 0 Å². The Morgan fingerprint density at radius 1 is 1.33 bits per heavy atom. The van der Waals surface area contributed by atoms with Crippen LogP contribution in [0.4, 0.5) is 0 Å². The highest BCUT2D eigenvalue weighted by Crippen LogP contribution is 2.14. The first-order chi connectivity index (χ1) is 6.79. The molecule has 0 fully saturated rings. The number of nitrogens with zero attached hydrogens (tertiary/aromatic N) is 1. The van der Waals surface area contributed by atoms with E-state index in [9.17, 15) is 9.59 Å². The minimum Gasteiger partial charge on any atom is -0.460 e. The van der Waals surface area contributed by atoms with Crippen molar-refractivity contribution in [2.24, 2.45) is 16.3 Å². The van der Waals surface area contributed by atoms with E-state index in [0.717, 1.165) is 0 Å². The van der Waals surface area contributed by atoms with Crippen molar-refractivity contribution in [2.45, 2.75) is 27.7 Å². The molecule has 0 aliphatic rings. The maximum Gasteiger partial charge on any atom is 0.377 e. The topological polar surface area (TPSA) is 91.0 Å². The van der Waals surface area contributed by atoms with E-state index in [1.165, 1.54) is 0 Å². The Labute approximate surface area is 88.4 Å². The predicted octanol–water partition coefficient (Wildman–Crippen LogP) is 0.411. The number of carbonyl (C=O) groups is 2. The lowest BCUT2D eigenvalue weighted by Gasteiger charge is -2.12. The molecule has 0 spiro atoms. The molecule has 6 nitrogen and oxygen atoms in total. The quantitative estimate of drug-likeness (QED) is 0.237. The molecule has 2 N–H and O–H groups in total. The fourth-order valence-corrected chi connectivity index (χ4v) is 0.470. The van der Waals surface area contributed by atoms with Gasteiger partial charge in [-0.05, 0) is 27.7 Å². The minimum atomic E-state index is -0.806. The van der Waals surface area contributed by atoms with Crippen LogP contribution in [0, 0.1) is 5.41 Å². The van der Waals surface area contributed by atoms with E-state index >= 15 is 0 Å². The molecule has 0 radical (unpaired) electrons. The number of esters is 1. The predicted molar refractivity (Wildman–Crippen MR) is 53.8 cm³/mol. The third-order valence-electron chi connectivity index (χ3n) is 1.32. The molecular formula is C9H16N2O4. The van der Waals surface area contributed by atoms with Crippen LogP contribution in [0.3, 0.4) is 0 Å². The summed E-state index contributed by atoms with van der Waals surface area (Å²) in [5, 5.41) is 3.18. The van der Waals surface area contributed by atoms with E-state index in [1.54, 1.807) is 27.7 Å². The van der Waals surface area contributed by atoms with Crippen LogP contribution in [0.2, 0.25) is 0 Å². The number of hydrogen-bond donors (Lipinski definition) is 1. The lowest BCUT2D eigenvalue weighted by Crippen LogP contribution is -2.28. The van der Waals surface area contributed by atoms with Gasteiger partial charge in [0.25, 0.3) is 0 Å². The van der Waals surface area contributed by atoms with Crippen molar-refractivity contribution in [1.82, 2.24) is 0 Å². The van der Waals surface area contributed by atoms with Crippen molar-refractivity contribution >= 4 is 17.8 Å². The highest BCUT2D eigenvalue weighted by molar-refractivity contribution is 6.34. The normalized spacial score (nSPS) is 12.1. The molecule has 0 bridgehead atoms. The van der Waals surface area contributed by atoms with Gasteiger partial charge in [0.2, 0.25) is 5.84 Å². The first-order valence-corrected chi connectivity index (χ1v) is 4.51. The second-order valence-electron chi connectivity index (χ2n) is 3.83. The standard InChI is InChI=1S/C9H16N2O4/c1-5-14-7(12)6(10)11-15-8(13)9(2,3)4/h5H2,1-4H3,(H2,10,11). The minimum absolute atomic E-state index is 0.183. The van der Waals surface area contributed by atoms with Crippen LogP contribution in [0.5, 0.6) is 0 Å². The summed E-state index contributed by atoms with van der Waals surface area (Å²) in [6.07, 6.45) is 0. The summed E-state index contributed by atoms with van der Waals surface area (Å²) in [6.45, 7) is 6.79. The number of oxime groups is 1. The van der Waals surface area contributed by atoms with E-state index in [0.29, 0.717) is 0 Å². The van der Waals surface area contributed by atoms with E-state index in [4.69, 9.17) is 5.73 Å². The highest BCUT2D eigenvalue weighted by Gasteiger charge is 2.24. The summed E-state index contributed by atoms with van der Waals surface area (Å²) in [5.41, 5.74) is 4.50. The summed E-state index contributed by atoms with van der Waals surface area (Å²) in [7, 11) is 0. The molecule has 0 saturated heterocycles. The second kappa shape index (κ2) is 5.33. The molecule has 0 aliphatic carbocycles. The molecule has 0 amide bonds. The van der Waals surface area contributed by atoms with Crippen LogP contribution in [0.1, 0.15) is 27.7 Å². The van der Waals surface area contributed by atoms with Gasteiger partial charge in [-0.25, -0.2) is 9.59 Å². The summed E-state index contributed by atoms with van der Waals surface area (Å²) < 4.78 is 4.54. The highest BCUT2D eigenvalue weighted by atomic mass is 16.7. The van der Waals surface area contributed by atoms with Crippen molar-refractivity contribution in [3.05, 3.63) is 0 Å². The summed E-state index contributed by atoms with van der Waals surface area (Å²) in [5.74, 6) is -1.86. The molecule has 0 heterocycles. The first kappa shape index (κ1) is 13.4. The van der Waals surface area contributed by atoms with Gasteiger partial charge < -0.3 is 15.3 Å². The van der Waals surface area contributed by atoms with E-state index in [2.05, 4.69) is 14.7 Å². The maximum absolute atomic E-state index is 11.2. The SMILES string of the molecule is CCOC(=O)C(N)=NOC(=O)C(C)(C)C. The number of hydrogen-bond acceptors (Lipinski definition) is 5. The Morgan fingerprint density at radius 2 is 1.87 bits per heavy atom. The molecule has 0 unspecified atom stereocenters. The van der Waals surface area contributed by atoms with Gasteiger partial charge in [0.1, 0.15) is 0 Å². The molecule has 6 heteroatoms. The van der Waals surface area contributed by atoms with E-state index in [-0.39, 0.29) is 6.61 Å². The smallest absolute Gasteiger partial charge is 0.377 e. The van der Waals surface area contributed by atoms with Crippen molar-refractivity contribution < 1.29 is 19.2 Å². The molecule has 0 rings (SSSR count). The molecule has 15 heavy (non-hydrogen) atoms. The number of amidine groups is 1. The van der Waals surface area contributed by atoms with Crippen LogP contribution in [-0.4, -0.2) is 24.4 Å². The Bertz CT molecular complexity index is 278. The molecule has 0 aliphatic heterocycles. The summed E-state index contributed by atoms with van der Waals surface area (Å²) in [6, 6.07) is 0. The molecule has 0 aromatic heterocycles. The molecule has 0 aromatic carbocycles. The van der Waals surface area contributed by atoms with Gasteiger partial charge in [-0.1, -0.05) is 5.16 Å². The van der Waals surface area contributed by atoms with Crippen molar-refractivity contribution in [1.29, 1.82) is 0 Å². The molecule has 0 atom stereocenters. The number of ether oxygens (including phenoxy) is 1. The third-order valence-corrected chi connectivity index (χ3v) is 1.32. The number of rotatable bonds is 2. The van der Waals surface area contributed by atoms with Gasteiger partial charge in [0.15, 0.2) is 0 Å². The molecule has 86 valence electrons. The molecule has 0 aromatic rings. The van der Waals surface area contributed by atoms with E-state index in [1.807, 2.05) is 0 Å². The van der Waals surface area contributed by atoms with Gasteiger partial charge in [0, 0.05) is 0 Å². The van der Waals surface area contributed by atoms with Crippen molar-refractivity contribution in [3.63, 3.8) is 0 Å². The zero-order chi connectivity index (χ0) is 12.1. The fraction of sp³-hybridized carbons (Fsp3) is 0.667. The summed E-state index contributed by atoms with van der Waals surface area (Å²) in [4.78, 5) is 26.6. The van der Waals surface area contributed by atoms with Crippen molar-refractivity contribution in [3.8, 4) is 0 Å².